The first-order chi connectivity index (χ1) is 15.4. The van der Waals surface area contributed by atoms with Crippen LogP contribution in [0.3, 0.4) is 0 Å². The summed E-state index contributed by atoms with van der Waals surface area (Å²) in [6.45, 7) is -0.266. The molecule has 2 amide bonds. The SMILES string of the molecule is COc1ccc(OC)c(NC(=O)c2nnn(CC(=O)Nc3ccc(OC)c(Cl)c3)c2N)c1. The highest BCUT2D eigenvalue weighted by molar-refractivity contribution is 6.32. The van der Waals surface area contributed by atoms with Gasteiger partial charge in [0.15, 0.2) is 11.5 Å². The molecule has 32 heavy (non-hydrogen) atoms. The number of nitrogens with one attached hydrogen (secondary N) is 2. The van der Waals surface area contributed by atoms with Gasteiger partial charge in [-0.25, -0.2) is 4.68 Å². The molecule has 0 saturated carbocycles. The van der Waals surface area contributed by atoms with Crippen LogP contribution < -0.4 is 30.6 Å². The summed E-state index contributed by atoms with van der Waals surface area (Å²) >= 11 is 6.06. The van der Waals surface area contributed by atoms with Gasteiger partial charge in [0.05, 0.1) is 32.0 Å². The van der Waals surface area contributed by atoms with Crippen molar-refractivity contribution in [1.29, 1.82) is 0 Å². The van der Waals surface area contributed by atoms with Crippen LogP contribution in [0.1, 0.15) is 10.5 Å². The van der Waals surface area contributed by atoms with Crippen LogP contribution in [0.4, 0.5) is 17.2 Å². The van der Waals surface area contributed by atoms with Gasteiger partial charge < -0.3 is 30.6 Å². The van der Waals surface area contributed by atoms with Crippen molar-refractivity contribution in [2.24, 2.45) is 0 Å². The number of hydrogen-bond donors (Lipinski definition) is 3. The highest BCUT2D eigenvalue weighted by atomic mass is 35.5. The molecule has 0 unspecified atom stereocenters. The standard InChI is InChI=1S/C20H21ClN6O5/c1-30-12-5-7-16(32-3)14(9-12)24-20(29)18-19(22)27(26-25-18)10-17(28)23-11-4-6-15(31-2)13(21)8-11/h4-9H,10,22H2,1-3H3,(H,23,28)(H,24,29). The first-order valence-corrected chi connectivity index (χ1v) is 9.59. The van der Waals surface area contributed by atoms with Crippen LogP contribution in [-0.4, -0.2) is 48.1 Å². The average molecular weight is 461 g/mol. The molecule has 1 heterocycles. The maximum Gasteiger partial charge on any atom is 0.280 e. The molecule has 0 aliphatic carbocycles. The van der Waals surface area contributed by atoms with Crippen molar-refractivity contribution < 1.29 is 23.8 Å². The van der Waals surface area contributed by atoms with E-state index >= 15 is 0 Å². The van der Waals surface area contributed by atoms with Gasteiger partial charge in [-0.05, 0) is 30.3 Å². The Hall–Kier alpha value is -3.99. The number of halogens is 1. The molecule has 0 fully saturated rings. The van der Waals surface area contributed by atoms with Crippen molar-refractivity contribution in [2.45, 2.75) is 6.54 Å². The van der Waals surface area contributed by atoms with E-state index in [1.165, 1.54) is 21.3 Å². The van der Waals surface area contributed by atoms with Crippen molar-refractivity contribution in [1.82, 2.24) is 15.0 Å². The van der Waals surface area contributed by atoms with Gasteiger partial charge in [-0.1, -0.05) is 16.8 Å². The number of aromatic nitrogens is 3. The predicted octanol–water partition coefficient (Wildman–Crippen LogP) is 2.43. The number of hydrogen-bond acceptors (Lipinski definition) is 8. The minimum Gasteiger partial charge on any atom is -0.497 e. The molecule has 168 valence electrons. The summed E-state index contributed by atoms with van der Waals surface area (Å²) in [6, 6.07) is 9.72. The number of methoxy groups -OCH3 is 3. The van der Waals surface area contributed by atoms with Crippen LogP contribution >= 0.6 is 11.6 Å². The fourth-order valence-corrected chi connectivity index (χ4v) is 3.03. The van der Waals surface area contributed by atoms with Crippen molar-refractivity contribution in [3.8, 4) is 17.2 Å². The minimum absolute atomic E-state index is 0.0766. The molecule has 0 aliphatic rings. The molecular formula is C20H21ClN6O5. The molecule has 2 aromatic carbocycles. The molecule has 12 heteroatoms. The van der Waals surface area contributed by atoms with E-state index in [4.69, 9.17) is 31.5 Å². The maximum absolute atomic E-state index is 12.7. The third-order valence-corrected chi connectivity index (χ3v) is 4.67. The summed E-state index contributed by atoms with van der Waals surface area (Å²) in [7, 11) is 4.46. The van der Waals surface area contributed by atoms with Crippen LogP contribution in [0.5, 0.6) is 17.2 Å². The molecule has 0 atom stereocenters. The molecule has 3 aromatic rings. The Morgan fingerprint density at radius 2 is 1.75 bits per heavy atom. The van der Waals surface area contributed by atoms with Gasteiger partial charge in [-0.15, -0.1) is 5.10 Å². The number of ether oxygens (including phenoxy) is 3. The second-order valence-electron chi connectivity index (χ2n) is 6.40. The Kier molecular flexibility index (Phi) is 7.00. The van der Waals surface area contributed by atoms with Gasteiger partial charge in [0, 0.05) is 11.8 Å². The lowest BCUT2D eigenvalue weighted by molar-refractivity contribution is -0.116. The smallest absolute Gasteiger partial charge is 0.280 e. The summed E-state index contributed by atoms with van der Waals surface area (Å²) in [5.74, 6) is 0.281. The molecular weight excluding hydrogens is 440 g/mol. The van der Waals surface area contributed by atoms with E-state index < -0.39 is 11.8 Å². The molecule has 0 radical (unpaired) electrons. The van der Waals surface area contributed by atoms with E-state index in [9.17, 15) is 9.59 Å². The molecule has 0 saturated heterocycles. The van der Waals surface area contributed by atoms with Crippen molar-refractivity contribution in [3.05, 3.63) is 47.1 Å². The fraction of sp³-hybridized carbons (Fsp3) is 0.200. The zero-order chi connectivity index (χ0) is 23.3. The van der Waals surface area contributed by atoms with Gasteiger partial charge in [-0.3, -0.25) is 9.59 Å². The first kappa shape index (κ1) is 22.7. The number of amides is 2. The number of nitrogens with two attached hydrogens (primary N) is 1. The topological polar surface area (TPSA) is 143 Å². The lowest BCUT2D eigenvalue weighted by atomic mass is 10.2. The lowest BCUT2D eigenvalue weighted by Crippen LogP contribution is -2.21. The van der Waals surface area contributed by atoms with E-state index in [0.717, 1.165) is 4.68 Å². The number of carbonyl (C=O) groups is 2. The van der Waals surface area contributed by atoms with E-state index in [0.29, 0.717) is 33.6 Å². The molecule has 4 N–H and O–H groups in total. The lowest BCUT2D eigenvalue weighted by Gasteiger charge is -2.11. The second-order valence-corrected chi connectivity index (χ2v) is 6.81. The van der Waals surface area contributed by atoms with E-state index in [1.54, 1.807) is 36.4 Å². The fourth-order valence-electron chi connectivity index (χ4n) is 2.77. The second kappa shape index (κ2) is 9.88. The largest absolute Gasteiger partial charge is 0.497 e. The van der Waals surface area contributed by atoms with Crippen LogP contribution in [0.25, 0.3) is 0 Å². The van der Waals surface area contributed by atoms with Gasteiger partial charge in [-0.2, -0.15) is 0 Å². The number of carbonyl (C=O) groups excluding carboxylic acids is 2. The number of anilines is 3. The Morgan fingerprint density at radius 3 is 2.41 bits per heavy atom. The first-order valence-electron chi connectivity index (χ1n) is 9.22. The van der Waals surface area contributed by atoms with Crippen LogP contribution in [0, 0.1) is 0 Å². The van der Waals surface area contributed by atoms with Gasteiger partial charge in [0.1, 0.15) is 23.8 Å². The predicted molar refractivity (Wildman–Crippen MR) is 119 cm³/mol. The van der Waals surface area contributed by atoms with Crippen molar-refractivity contribution in [2.75, 3.05) is 37.7 Å². The zero-order valence-electron chi connectivity index (χ0n) is 17.5. The summed E-state index contributed by atoms with van der Waals surface area (Å²) < 4.78 is 16.6. The molecule has 1 aromatic heterocycles. The molecule has 3 rings (SSSR count). The average Bonchev–Trinajstić information content (AvgIpc) is 3.13. The van der Waals surface area contributed by atoms with Gasteiger partial charge >= 0.3 is 0 Å². The maximum atomic E-state index is 12.7. The van der Waals surface area contributed by atoms with E-state index in [-0.39, 0.29) is 18.1 Å². The van der Waals surface area contributed by atoms with Crippen molar-refractivity contribution >= 4 is 40.6 Å². The van der Waals surface area contributed by atoms with Gasteiger partial charge in [0.25, 0.3) is 5.91 Å². The monoisotopic (exact) mass is 460 g/mol. The summed E-state index contributed by atoms with van der Waals surface area (Å²) in [5.41, 5.74) is 6.67. The highest BCUT2D eigenvalue weighted by Gasteiger charge is 2.20. The minimum atomic E-state index is -0.623. The molecule has 11 nitrogen and oxygen atoms in total. The summed E-state index contributed by atoms with van der Waals surface area (Å²) in [5, 5.41) is 13.2. The number of benzene rings is 2. The van der Waals surface area contributed by atoms with Crippen molar-refractivity contribution in [3.63, 3.8) is 0 Å². The van der Waals surface area contributed by atoms with Crippen LogP contribution in [0.15, 0.2) is 36.4 Å². The molecule has 0 bridgehead atoms. The zero-order valence-corrected chi connectivity index (χ0v) is 18.3. The Labute approximate surface area is 188 Å². The van der Waals surface area contributed by atoms with Crippen LogP contribution in [0.2, 0.25) is 5.02 Å². The van der Waals surface area contributed by atoms with E-state index in [1.807, 2.05) is 0 Å². The van der Waals surface area contributed by atoms with Gasteiger partial charge in [0.2, 0.25) is 5.91 Å². The molecule has 0 spiro atoms. The summed E-state index contributed by atoms with van der Waals surface area (Å²) in [4.78, 5) is 25.0. The Balaban J connectivity index is 1.70. The third-order valence-electron chi connectivity index (χ3n) is 4.37. The quantitative estimate of drug-likeness (QED) is 0.465. The highest BCUT2D eigenvalue weighted by Crippen LogP contribution is 2.30. The van der Waals surface area contributed by atoms with E-state index in [2.05, 4.69) is 20.9 Å². The van der Waals surface area contributed by atoms with Crippen LogP contribution in [-0.2, 0) is 11.3 Å². The number of nitrogens with zero attached hydrogens (tertiary/aromatic N) is 3. The number of nitrogen functional groups attached to an aromatic ring is 1. The number of rotatable bonds is 8. The Bertz CT molecular complexity index is 1150. The normalized spacial score (nSPS) is 10.4. The summed E-state index contributed by atoms with van der Waals surface area (Å²) in [6.07, 6.45) is 0. The molecule has 0 aliphatic heterocycles. The Morgan fingerprint density at radius 1 is 1.03 bits per heavy atom. The third kappa shape index (κ3) is 5.01.